The number of likely N-dealkylation sites (N-methyl/N-ethyl adjacent to an activating group) is 1. The third kappa shape index (κ3) is 5.02. The van der Waals surface area contributed by atoms with Crippen LogP contribution in [0.3, 0.4) is 0 Å². The van der Waals surface area contributed by atoms with Crippen molar-refractivity contribution in [3.63, 3.8) is 0 Å². The number of morpholine rings is 1. The Bertz CT molecular complexity index is 556. The van der Waals surface area contributed by atoms with Crippen molar-refractivity contribution in [1.82, 2.24) is 9.80 Å². The molecule has 0 spiro atoms. The number of nitrogens with zero attached hydrogens (tertiary/aromatic N) is 3. The average Bonchev–Trinajstić information content (AvgIpc) is 2.56. The quantitative estimate of drug-likeness (QED) is 0.804. The van der Waals surface area contributed by atoms with E-state index >= 15 is 0 Å². The van der Waals surface area contributed by atoms with Gasteiger partial charge in [-0.05, 0) is 24.6 Å². The molecule has 23 heavy (non-hydrogen) atoms. The predicted molar refractivity (Wildman–Crippen MR) is 84.0 cm³/mol. The molecule has 0 aromatic heterocycles. The number of rotatable bonds is 6. The Kier molecular flexibility index (Phi) is 6.51. The maximum Gasteiger partial charge on any atom is 0.236 e. The van der Waals surface area contributed by atoms with Gasteiger partial charge in [-0.2, -0.15) is 5.26 Å². The lowest BCUT2D eigenvalue weighted by Gasteiger charge is -2.34. The number of carbonyl (C=O) groups excluding carboxylic acids is 1. The van der Waals surface area contributed by atoms with Gasteiger partial charge in [0.2, 0.25) is 5.91 Å². The van der Waals surface area contributed by atoms with Crippen LogP contribution in [0, 0.1) is 17.1 Å². The van der Waals surface area contributed by atoms with Crippen LogP contribution in [0.1, 0.15) is 25.0 Å². The second kappa shape index (κ2) is 8.61. The van der Waals surface area contributed by atoms with Gasteiger partial charge in [0.25, 0.3) is 0 Å². The molecule has 1 fully saturated rings. The molecule has 0 N–H and O–H groups in total. The van der Waals surface area contributed by atoms with Gasteiger partial charge < -0.3 is 9.64 Å². The number of nitriles is 1. The fourth-order valence-electron chi connectivity index (χ4n) is 2.66. The molecule has 0 radical (unpaired) electrons. The van der Waals surface area contributed by atoms with Crippen molar-refractivity contribution in [2.75, 3.05) is 39.3 Å². The first-order valence-electron chi connectivity index (χ1n) is 7.88. The summed E-state index contributed by atoms with van der Waals surface area (Å²) in [6.45, 7) is 5.14. The lowest BCUT2D eigenvalue weighted by molar-refractivity contribution is -0.134. The summed E-state index contributed by atoms with van der Waals surface area (Å²) >= 11 is 0. The summed E-state index contributed by atoms with van der Waals surface area (Å²) in [5, 5.41) is 8.65. The fraction of sp³-hybridized carbons (Fsp3) is 0.529. The molecule has 1 amide bonds. The Morgan fingerprint density at radius 2 is 2.22 bits per heavy atom. The summed E-state index contributed by atoms with van der Waals surface area (Å²) in [5.41, 5.74) is 0.917. The van der Waals surface area contributed by atoms with Crippen molar-refractivity contribution in [1.29, 1.82) is 5.26 Å². The molecule has 0 aliphatic carbocycles. The first-order valence-corrected chi connectivity index (χ1v) is 7.88. The third-order valence-electron chi connectivity index (χ3n) is 3.98. The minimum atomic E-state index is -0.271. The molecular formula is C17H22FN3O2. The van der Waals surface area contributed by atoms with E-state index in [0.29, 0.717) is 45.8 Å². The minimum Gasteiger partial charge on any atom is -0.371 e. The molecule has 2 rings (SSSR count). The van der Waals surface area contributed by atoms with Gasteiger partial charge in [0.15, 0.2) is 0 Å². The zero-order valence-corrected chi connectivity index (χ0v) is 13.4. The van der Waals surface area contributed by atoms with Gasteiger partial charge in [-0.1, -0.05) is 12.1 Å². The largest absolute Gasteiger partial charge is 0.371 e. The monoisotopic (exact) mass is 319 g/mol. The van der Waals surface area contributed by atoms with Crippen molar-refractivity contribution in [3.05, 3.63) is 35.6 Å². The highest BCUT2D eigenvalue weighted by Crippen LogP contribution is 2.22. The van der Waals surface area contributed by atoms with E-state index in [0.717, 1.165) is 5.56 Å². The van der Waals surface area contributed by atoms with Crippen LogP contribution in [-0.2, 0) is 9.53 Å². The zero-order valence-electron chi connectivity index (χ0n) is 13.4. The van der Waals surface area contributed by atoms with Gasteiger partial charge in [-0.15, -0.1) is 0 Å². The number of amides is 1. The predicted octanol–water partition coefficient (Wildman–Crippen LogP) is 1.96. The highest BCUT2D eigenvalue weighted by atomic mass is 19.1. The summed E-state index contributed by atoms with van der Waals surface area (Å²) in [6, 6.07) is 8.34. The molecule has 1 aliphatic rings. The summed E-state index contributed by atoms with van der Waals surface area (Å²) in [5.74, 6) is -0.241. The van der Waals surface area contributed by atoms with E-state index in [4.69, 9.17) is 10.00 Å². The maximum atomic E-state index is 13.0. The van der Waals surface area contributed by atoms with E-state index < -0.39 is 0 Å². The molecule has 124 valence electrons. The summed E-state index contributed by atoms with van der Waals surface area (Å²) in [7, 11) is 0. The van der Waals surface area contributed by atoms with Gasteiger partial charge in [0, 0.05) is 26.2 Å². The Morgan fingerprint density at radius 3 is 2.87 bits per heavy atom. The van der Waals surface area contributed by atoms with E-state index in [1.165, 1.54) is 12.1 Å². The Balaban J connectivity index is 1.91. The van der Waals surface area contributed by atoms with Crippen molar-refractivity contribution >= 4 is 5.91 Å². The van der Waals surface area contributed by atoms with E-state index in [-0.39, 0.29) is 17.8 Å². The normalized spacial score (nSPS) is 18.4. The van der Waals surface area contributed by atoms with Crippen LogP contribution in [0.4, 0.5) is 4.39 Å². The summed E-state index contributed by atoms with van der Waals surface area (Å²) < 4.78 is 18.7. The number of hydrogen-bond acceptors (Lipinski definition) is 4. The van der Waals surface area contributed by atoms with Crippen LogP contribution in [0.5, 0.6) is 0 Å². The van der Waals surface area contributed by atoms with E-state index in [2.05, 4.69) is 11.0 Å². The van der Waals surface area contributed by atoms with Gasteiger partial charge in [0.1, 0.15) is 5.82 Å². The van der Waals surface area contributed by atoms with Gasteiger partial charge in [-0.3, -0.25) is 9.69 Å². The molecule has 0 saturated carbocycles. The Hall–Kier alpha value is -1.97. The van der Waals surface area contributed by atoms with Gasteiger partial charge >= 0.3 is 0 Å². The standard InChI is InChI=1S/C17H22FN3O2/c1-2-21(9-3-8-19)17(22)13-20-10-11-23-16(12-20)14-4-6-15(18)7-5-14/h4-7,16H,2-3,9-13H2,1H3. The molecular weight excluding hydrogens is 297 g/mol. The topological polar surface area (TPSA) is 56.6 Å². The molecule has 1 aromatic rings. The fourth-order valence-corrected chi connectivity index (χ4v) is 2.66. The van der Waals surface area contributed by atoms with Crippen molar-refractivity contribution < 1.29 is 13.9 Å². The number of benzene rings is 1. The molecule has 0 bridgehead atoms. The maximum absolute atomic E-state index is 13.0. The molecule has 1 unspecified atom stereocenters. The van der Waals surface area contributed by atoms with Crippen molar-refractivity contribution in [3.8, 4) is 6.07 Å². The zero-order chi connectivity index (χ0) is 16.7. The second-order valence-corrected chi connectivity index (χ2v) is 5.53. The van der Waals surface area contributed by atoms with E-state index in [1.54, 1.807) is 17.0 Å². The molecule has 1 saturated heterocycles. The Morgan fingerprint density at radius 1 is 1.48 bits per heavy atom. The molecule has 1 atom stereocenters. The second-order valence-electron chi connectivity index (χ2n) is 5.53. The first kappa shape index (κ1) is 17.4. The first-order chi connectivity index (χ1) is 11.1. The SMILES string of the molecule is CCN(CCC#N)C(=O)CN1CCOC(c2ccc(F)cc2)C1. The Labute approximate surface area is 136 Å². The van der Waals surface area contributed by atoms with Crippen molar-refractivity contribution in [2.45, 2.75) is 19.4 Å². The van der Waals surface area contributed by atoms with Crippen molar-refractivity contribution in [2.24, 2.45) is 0 Å². The number of carbonyl (C=O) groups is 1. The minimum absolute atomic E-state index is 0.0301. The smallest absolute Gasteiger partial charge is 0.236 e. The van der Waals surface area contributed by atoms with Crippen LogP contribution in [0.25, 0.3) is 0 Å². The highest BCUT2D eigenvalue weighted by molar-refractivity contribution is 5.78. The van der Waals surface area contributed by atoms with Crippen LogP contribution < -0.4 is 0 Å². The number of halogens is 1. The third-order valence-corrected chi connectivity index (χ3v) is 3.98. The van der Waals surface area contributed by atoms with Crippen LogP contribution in [-0.4, -0.2) is 55.0 Å². The molecule has 5 nitrogen and oxygen atoms in total. The summed E-state index contributed by atoms with van der Waals surface area (Å²) in [6.07, 6.45) is 0.201. The highest BCUT2D eigenvalue weighted by Gasteiger charge is 2.24. The van der Waals surface area contributed by atoms with Gasteiger partial charge in [-0.25, -0.2) is 4.39 Å². The summed E-state index contributed by atoms with van der Waals surface area (Å²) in [4.78, 5) is 16.1. The van der Waals surface area contributed by atoms with Crippen LogP contribution in [0.15, 0.2) is 24.3 Å². The van der Waals surface area contributed by atoms with Gasteiger partial charge in [0.05, 0.1) is 31.7 Å². The lowest BCUT2D eigenvalue weighted by atomic mass is 10.1. The average molecular weight is 319 g/mol. The lowest BCUT2D eigenvalue weighted by Crippen LogP contribution is -2.45. The van der Waals surface area contributed by atoms with Crippen LogP contribution >= 0.6 is 0 Å². The molecule has 1 heterocycles. The van der Waals surface area contributed by atoms with E-state index in [1.807, 2.05) is 6.92 Å². The number of hydrogen-bond donors (Lipinski definition) is 0. The van der Waals surface area contributed by atoms with Crippen LogP contribution in [0.2, 0.25) is 0 Å². The number of ether oxygens (including phenoxy) is 1. The molecule has 6 heteroatoms. The molecule has 1 aliphatic heterocycles. The molecule has 1 aromatic carbocycles. The van der Waals surface area contributed by atoms with E-state index in [9.17, 15) is 9.18 Å².